The molecule has 0 aromatic carbocycles. The van der Waals surface area contributed by atoms with Gasteiger partial charge in [-0.15, -0.1) is 0 Å². The second-order valence-electron chi connectivity index (χ2n) is 5.80. The van der Waals surface area contributed by atoms with Gasteiger partial charge in [-0.05, 0) is 32.1 Å². The van der Waals surface area contributed by atoms with Gasteiger partial charge >= 0.3 is 5.97 Å². The first kappa shape index (κ1) is 13.9. The zero-order valence-electron chi connectivity index (χ0n) is 12.0. The van der Waals surface area contributed by atoms with Crippen LogP contribution in [-0.2, 0) is 16.6 Å². The smallest absolute Gasteiger partial charge is 0.326 e. The molecule has 3 rings (SSSR count). The Labute approximate surface area is 123 Å². The van der Waals surface area contributed by atoms with Gasteiger partial charge in [0.1, 0.15) is 5.54 Å². The summed E-state index contributed by atoms with van der Waals surface area (Å²) in [7, 11) is 3.48. The first-order valence-corrected chi connectivity index (χ1v) is 8.01. The lowest BCUT2D eigenvalue weighted by Gasteiger charge is -2.27. The number of methoxy groups -OCH3 is 1. The summed E-state index contributed by atoms with van der Waals surface area (Å²) in [5, 5.41) is 4.96. The molecule has 0 amide bonds. The van der Waals surface area contributed by atoms with Gasteiger partial charge in [-0.25, -0.2) is 4.98 Å². The average Bonchev–Trinajstić information content (AvgIpc) is 3.02. The Morgan fingerprint density at radius 3 is 2.95 bits per heavy atom. The predicted molar refractivity (Wildman–Crippen MR) is 77.6 cm³/mol. The molecule has 2 fully saturated rings. The maximum atomic E-state index is 12.2. The summed E-state index contributed by atoms with van der Waals surface area (Å²) in [4.78, 5) is 16.6. The topological polar surface area (TPSA) is 56.1 Å². The molecule has 2 saturated carbocycles. The van der Waals surface area contributed by atoms with Crippen LogP contribution >= 0.6 is 11.8 Å². The van der Waals surface area contributed by atoms with E-state index in [2.05, 4.69) is 10.3 Å². The molecule has 1 heterocycles. The van der Waals surface area contributed by atoms with E-state index >= 15 is 0 Å². The first-order chi connectivity index (χ1) is 9.63. The van der Waals surface area contributed by atoms with Crippen LogP contribution in [0, 0.1) is 0 Å². The van der Waals surface area contributed by atoms with Crippen LogP contribution in [-0.4, -0.2) is 39.5 Å². The lowest BCUT2D eigenvalue weighted by molar-refractivity contribution is -0.148. The fourth-order valence-corrected chi connectivity index (χ4v) is 4.16. The summed E-state index contributed by atoms with van der Waals surface area (Å²) >= 11 is 1.77. The Morgan fingerprint density at radius 1 is 1.55 bits per heavy atom. The number of carbonyl (C=O) groups is 1. The van der Waals surface area contributed by atoms with E-state index in [4.69, 9.17) is 4.74 Å². The van der Waals surface area contributed by atoms with E-state index in [1.165, 1.54) is 20.0 Å². The van der Waals surface area contributed by atoms with Crippen molar-refractivity contribution in [3.63, 3.8) is 0 Å². The number of esters is 1. The summed E-state index contributed by atoms with van der Waals surface area (Å²) in [6, 6.07) is 0.506. The van der Waals surface area contributed by atoms with E-state index in [-0.39, 0.29) is 5.97 Å². The van der Waals surface area contributed by atoms with Crippen LogP contribution in [0.5, 0.6) is 0 Å². The molecule has 2 unspecified atom stereocenters. The van der Waals surface area contributed by atoms with Crippen molar-refractivity contribution >= 4 is 17.7 Å². The third-order valence-electron chi connectivity index (χ3n) is 4.15. The minimum Gasteiger partial charge on any atom is -0.468 e. The standard InChI is InChI=1S/C14H21N3O2S/c1-17-8-7-15-13(17)20-11-5-6-14(9-11,12(18)19-2)16-10-3-4-10/h7-8,10-11,16H,3-6,9H2,1-2H3. The van der Waals surface area contributed by atoms with Crippen molar-refractivity contribution in [2.75, 3.05) is 7.11 Å². The highest BCUT2D eigenvalue weighted by Crippen LogP contribution is 2.42. The Kier molecular flexibility index (Phi) is 3.77. The Hall–Kier alpha value is -1.01. The third kappa shape index (κ3) is 2.72. The monoisotopic (exact) mass is 295 g/mol. The molecule has 1 aromatic heterocycles. The van der Waals surface area contributed by atoms with Gasteiger partial charge in [0.05, 0.1) is 7.11 Å². The number of imidazole rings is 1. The van der Waals surface area contributed by atoms with Crippen molar-refractivity contribution in [2.24, 2.45) is 7.05 Å². The van der Waals surface area contributed by atoms with E-state index in [1.807, 2.05) is 24.0 Å². The number of thioether (sulfide) groups is 1. The lowest BCUT2D eigenvalue weighted by atomic mass is 9.97. The molecule has 0 aliphatic heterocycles. The maximum Gasteiger partial charge on any atom is 0.326 e. The molecule has 0 radical (unpaired) electrons. The quantitative estimate of drug-likeness (QED) is 0.838. The molecule has 5 nitrogen and oxygen atoms in total. The third-order valence-corrected chi connectivity index (χ3v) is 5.49. The molecule has 2 atom stereocenters. The highest BCUT2D eigenvalue weighted by Gasteiger charge is 2.49. The van der Waals surface area contributed by atoms with Gasteiger partial charge in [-0.3, -0.25) is 10.1 Å². The van der Waals surface area contributed by atoms with E-state index < -0.39 is 5.54 Å². The molecule has 1 N–H and O–H groups in total. The highest BCUT2D eigenvalue weighted by molar-refractivity contribution is 7.99. The van der Waals surface area contributed by atoms with Crippen LogP contribution in [0.15, 0.2) is 17.6 Å². The van der Waals surface area contributed by atoms with E-state index in [1.54, 1.807) is 11.8 Å². The largest absolute Gasteiger partial charge is 0.468 e. The van der Waals surface area contributed by atoms with Gasteiger partial charge in [0, 0.05) is 30.7 Å². The Bertz CT molecular complexity index is 500. The van der Waals surface area contributed by atoms with Crippen LogP contribution in [0.2, 0.25) is 0 Å². The van der Waals surface area contributed by atoms with Crippen LogP contribution in [0.1, 0.15) is 32.1 Å². The zero-order valence-corrected chi connectivity index (χ0v) is 12.8. The maximum absolute atomic E-state index is 12.2. The first-order valence-electron chi connectivity index (χ1n) is 7.13. The predicted octanol–water partition coefficient (Wildman–Crippen LogP) is 1.73. The Morgan fingerprint density at radius 2 is 2.35 bits per heavy atom. The van der Waals surface area contributed by atoms with Crippen molar-refractivity contribution in [1.29, 1.82) is 0 Å². The van der Waals surface area contributed by atoms with Gasteiger partial charge in [-0.2, -0.15) is 0 Å². The van der Waals surface area contributed by atoms with E-state index in [0.717, 1.165) is 24.4 Å². The van der Waals surface area contributed by atoms with Gasteiger partial charge in [0.2, 0.25) is 0 Å². The molecular formula is C14H21N3O2S. The molecule has 2 aliphatic rings. The number of hydrogen-bond donors (Lipinski definition) is 1. The van der Waals surface area contributed by atoms with Crippen LogP contribution in [0.4, 0.5) is 0 Å². The molecule has 1 aromatic rings. The van der Waals surface area contributed by atoms with Crippen molar-refractivity contribution in [2.45, 2.75) is 54.1 Å². The minimum absolute atomic E-state index is 0.104. The number of carbonyl (C=O) groups excluding carboxylic acids is 1. The number of hydrogen-bond acceptors (Lipinski definition) is 5. The molecule has 0 bridgehead atoms. The van der Waals surface area contributed by atoms with Crippen molar-refractivity contribution < 1.29 is 9.53 Å². The van der Waals surface area contributed by atoms with Gasteiger partial charge < -0.3 is 9.30 Å². The van der Waals surface area contributed by atoms with Gasteiger partial charge in [-0.1, -0.05) is 11.8 Å². The van der Waals surface area contributed by atoms with Gasteiger partial charge in [0.15, 0.2) is 5.16 Å². The summed E-state index contributed by atoms with van der Waals surface area (Å²) in [5.41, 5.74) is -0.473. The van der Waals surface area contributed by atoms with E-state index in [9.17, 15) is 4.79 Å². The Balaban J connectivity index is 1.68. The number of aryl methyl sites for hydroxylation is 1. The summed E-state index contributed by atoms with van der Waals surface area (Å²) in [6.45, 7) is 0. The normalized spacial score (nSPS) is 29.6. The molecule has 20 heavy (non-hydrogen) atoms. The fraction of sp³-hybridized carbons (Fsp3) is 0.714. The highest BCUT2D eigenvalue weighted by atomic mass is 32.2. The minimum atomic E-state index is -0.473. The SMILES string of the molecule is COC(=O)C1(NC2CC2)CCC(Sc2nccn2C)C1. The molecule has 110 valence electrons. The van der Waals surface area contributed by atoms with Crippen molar-refractivity contribution in [3.8, 4) is 0 Å². The van der Waals surface area contributed by atoms with E-state index in [0.29, 0.717) is 11.3 Å². The van der Waals surface area contributed by atoms with Crippen LogP contribution < -0.4 is 5.32 Å². The number of nitrogens with one attached hydrogen (secondary N) is 1. The summed E-state index contributed by atoms with van der Waals surface area (Å²) in [5.74, 6) is -0.104. The number of ether oxygens (including phenoxy) is 1. The second kappa shape index (κ2) is 5.41. The molecule has 0 spiro atoms. The van der Waals surface area contributed by atoms with Crippen molar-refractivity contribution in [1.82, 2.24) is 14.9 Å². The lowest BCUT2D eigenvalue weighted by Crippen LogP contribution is -2.52. The fourth-order valence-electron chi connectivity index (χ4n) is 2.90. The summed E-state index contributed by atoms with van der Waals surface area (Å²) < 4.78 is 7.07. The zero-order chi connectivity index (χ0) is 14.2. The van der Waals surface area contributed by atoms with Crippen molar-refractivity contribution in [3.05, 3.63) is 12.4 Å². The molecule has 0 saturated heterocycles. The van der Waals surface area contributed by atoms with Crippen LogP contribution in [0.3, 0.4) is 0 Å². The number of nitrogens with zero attached hydrogens (tertiary/aromatic N) is 2. The number of rotatable bonds is 5. The van der Waals surface area contributed by atoms with Gasteiger partial charge in [0.25, 0.3) is 0 Å². The molecular weight excluding hydrogens is 274 g/mol. The number of aromatic nitrogens is 2. The molecule has 2 aliphatic carbocycles. The van der Waals surface area contributed by atoms with Crippen LogP contribution in [0.25, 0.3) is 0 Å². The average molecular weight is 295 g/mol. The summed E-state index contributed by atoms with van der Waals surface area (Å²) in [6.07, 6.45) is 8.82. The second-order valence-corrected chi connectivity index (χ2v) is 7.06. The molecule has 6 heteroatoms.